The van der Waals surface area contributed by atoms with Crippen LogP contribution < -0.4 is 5.32 Å². The lowest BCUT2D eigenvalue weighted by Crippen LogP contribution is -2.51. The Labute approximate surface area is 441 Å². The molecule has 0 aromatic heterocycles. The molecule has 414 valence electrons. The van der Waals surface area contributed by atoms with E-state index in [-0.39, 0.29) is 42.3 Å². The number of amides is 1. The predicted molar refractivity (Wildman–Crippen MR) is 297 cm³/mol. The van der Waals surface area contributed by atoms with Crippen LogP contribution in [0, 0.1) is 46.3 Å². The second-order valence-electron chi connectivity index (χ2n) is 24.2. The Morgan fingerprint density at radius 1 is 0.736 bits per heavy atom. The van der Waals surface area contributed by atoms with Crippen molar-refractivity contribution < 1.29 is 33.3 Å². The molecule has 5 rings (SSSR count). The summed E-state index contributed by atoms with van der Waals surface area (Å²) in [7, 11) is 0. The number of nitrogens with zero attached hydrogens (tertiary/aromatic N) is 1. The fraction of sp³-hybridized carbons (Fsp3) is 0.873. The summed E-state index contributed by atoms with van der Waals surface area (Å²) in [5.74, 6) is 4.51. The first kappa shape index (κ1) is 60.8. The molecule has 9 atom stereocenters. The average Bonchev–Trinajstić information content (AvgIpc) is 3.73. The molecule has 4 aliphatic carbocycles. The SMILES string of the molecule is CCCCCC=CCC=CCCCCCCCCOCC(CN1CCCCC1)OCCOCCOCCNC(=O)CCC(=O)O[C@H]1CC[C@@]2(C)C(=CC[C@H]3[C@@H]4CC[C@H]([C@H](C)CCCC(C)C)[C@@]4(C)CC[C@@H]32)C1. The number of rotatable bonds is 38. The zero-order valence-corrected chi connectivity index (χ0v) is 47.4. The lowest BCUT2D eigenvalue weighted by atomic mass is 9.47. The fourth-order valence-corrected chi connectivity index (χ4v) is 14.2. The van der Waals surface area contributed by atoms with Gasteiger partial charge in [-0.2, -0.15) is 0 Å². The highest BCUT2D eigenvalue weighted by molar-refractivity contribution is 5.81. The predicted octanol–water partition coefficient (Wildman–Crippen LogP) is 14.6. The third-order valence-electron chi connectivity index (χ3n) is 18.3. The van der Waals surface area contributed by atoms with Gasteiger partial charge in [-0.15, -0.1) is 0 Å². The maximum atomic E-state index is 13.0. The molecule has 0 radical (unpaired) electrons. The first-order valence-electron chi connectivity index (χ1n) is 30.6. The van der Waals surface area contributed by atoms with Gasteiger partial charge in [-0.1, -0.05) is 142 Å². The molecule has 4 fully saturated rings. The van der Waals surface area contributed by atoms with Crippen molar-refractivity contribution in [3.63, 3.8) is 0 Å². The van der Waals surface area contributed by atoms with Crippen LogP contribution in [0.3, 0.4) is 0 Å². The first-order valence-corrected chi connectivity index (χ1v) is 30.6. The zero-order chi connectivity index (χ0) is 51.3. The van der Waals surface area contributed by atoms with Gasteiger partial charge >= 0.3 is 5.97 Å². The van der Waals surface area contributed by atoms with Crippen molar-refractivity contribution >= 4 is 11.9 Å². The number of esters is 1. The maximum absolute atomic E-state index is 13.0. The van der Waals surface area contributed by atoms with Gasteiger partial charge in [0.25, 0.3) is 0 Å². The van der Waals surface area contributed by atoms with Gasteiger partial charge in [0.1, 0.15) is 6.10 Å². The Bertz CT molecular complexity index is 1570. The summed E-state index contributed by atoms with van der Waals surface area (Å²) in [6.07, 6.45) is 44.8. The fourth-order valence-electron chi connectivity index (χ4n) is 14.2. The average molecular weight is 1010 g/mol. The number of likely N-dealkylation sites (tertiary alicyclic amines) is 1. The van der Waals surface area contributed by atoms with Crippen LogP contribution in [0.5, 0.6) is 0 Å². The molecule has 3 saturated carbocycles. The molecule has 1 unspecified atom stereocenters. The van der Waals surface area contributed by atoms with Crippen molar-refractivity contribution in [2.75, 3.05) is 72.4 Å². The van der Waals surface area contributed by atoms with E-state index in [2.05, 4.69) is 82.1 Å². The van der Waals surface area contributed by atoms with E-state index in [9.17, 15) is 9.59 Å². The summed E-state index contributed by atoms with van der Waals surface area (Å²) in [5.41, 5.74) is 2.26. The molecule has 9 heteroatoms. The van der Waals surface area contributed by atoms with E-state index in [4.69, 9.17) is 23.7 Å². The summed E-state index contributed by atoms with van der Waals surface area (Å²) >= 11 is 0. The van der Waals surface area contributed by atoms with Crippen molar-refractivity contribution in [3.05, 3.63) is 36.0 Å². The van der Waals surface area contributed by atoms with E-state index in [0.29, 0.717) is 51.6 Å². The smallest absolute Gasteiger partial charge is 0.306 e. The van der Waals surface area contributed by atoms with Crippen LogP contribution >= 0.6 is 0 Å². The van der Waals surface area contributed by atoms with Crippen molar-refractivity contribution in [2.45, 2.75) is 234 Å². The lowest BCUT2D eigenvalue weighted by Gasteiger charge is -2.58. The summed E-state index contributed by atoms with van der Waals surface area (Å²) in [6.45, 7) is 22.2. The summed E-state index contributed by atoms with van der Waals surface area (Å²) < 4.78 is 30.0. The van der Waals surface area contributed by atoms with Gasteiger partial charge in [-0.3, -0.25) is 9.59 Å². The molecule has 1 N–H and O–H groups in total. The summed E-state index contributed by atoms with van der Waals surface area (Å²) in [5, 5.41) is 2.90. The highest BCUT2D eigenvalue weighted by Crippen LogP contribution is 2.67. The number of carbonyl (C=O) groups excluding carboxylic acids is 2. The number of hydrogen-bond acceptors (Lipinski definition) is 8. The molecule has 0 spiro atoms. The van der Waals surface area contributed by atoms with Gasteiger partial charge in [-0.25, -0.2) is 0 Å². The Kier molecular flexibility index (Phi) is 29.2. The number of hydrogen-bond donors (Lipinski definition) is 1. The number of nitrogens with one attached hydrogen (secondary N) is 1. The third-order valence-corrected chi connectivity index (χ3v) is 18.3. The monoisotopic (exact) mass is 1010 g/mol. The van der Waals surface area contributed by atoms with Gasteiger partial charge in [-0.05, 0) is 156 Å². The first-order chi connectivity index (χ1) is 35.0. The maximum Gasteiger partial charge on any atom is 0.306 e. The van der Waals surface area contributed by atoms with E-state index < -0.39 is 0 Å². The molecule has 72 heavy (non-hydrogen) atoms. The normalized spacial score (nSPS) is 27.4. The second-order valence-corrected chi connectivity index (χ2v) is 24.2. The van der Waals surface area contributed by atoms with Crippen LogP contribution in [-0.4, -0.2) is 101 Å². The summed E-state index contributed by atoms with van der Waals surface area (Å²) in [4.78, 5) is 28.1. The van der Waals surface area contributed by atoms with Crippen LogP contribution in [0.15, 0.2) is 36.0 Å². The Balaban J connectivity index is 0.850. The minimum atomic E-state index is -0.258. The zero-order valence-electron chi connectivity index (χ0n) is 47.4. The van der Waals surface area contributed by atoms with E-state index in [1.54, 1.807) is 0 Å². The molecule has 0 aromatic carbocycles. The highest BCUT2D eigenvalue weighted by Gasteiger charge is 2.59. The molecular formula is C63H110N2O7. The highest BCUT2D eigenvalue weighted by atomic mass is 16.6. The number of unbranched alkanes of at least 4 members (excludes halogenated alkanes) is 9. The lowest BCUT2D eigenvalue weighted by molar-refractivity contribution is -0.152. The van der Waals surface area contributed by atoms with Crippen molar-refractivity contribution in [1.82, 2.24) is 10.2 Å². The van der Waals surface area contributed by atoms with Gasteiger partial charge in [0.2, 0.25) is 5.91 Å². The Morgan fingerprint density at radius 3 is 2.22 bits per heavy atom. The van der Waals surface area contributed by atoms with Gasteiger partial charge < -0.3 is 33.9 Å². The van der Waals surface area contributed by atoms with Crippen LogP contribution in [-0.2, 0) is 33.3 Å². The Morgan fingerprint density at radius 2 is 1.46 bits per heavy atom. The van der Waals surface area contributed by atoms with Crippen molar-refractivity contribution in [2.24, 2.45) is 46.3 Å². The van der Waals surface area contributed by atoms with Gasteiger partial charge in [0, 0.05) is 32.5 Å². The van der Waals surface area contributed by atoms with Crippen LogP contribution in [0.1, 0.15) is 221 Å². The standard InChI is InChI=1S/C63H110N2O7/c1-7-8-9-10-11-12-13-14-15-16-17-18-19-20-21-25-42-70-50-55(49-65-40-23-22-24-41-65)71-47-46-69-45-44-68-43-39-64-60(66)33-34-61(67)72-54-35-37-62(5)53(48-54)29-30-56-58-32-31-57(52(4)28-26-27-51(2)3)63(58,6)38-36-59(56)62/h11-12,14-15,29,51-52,54-59H,7-10,13,16-28,30-50H2,1-6H3,(H,64,66)/t52-,54+,55?,56+,57-,58+,59+,62+,63-/m1/s1. The van der Waals surface area contributed by atoms with Crippen molar-refractivity contribution in [1.29, 1.82) is 0 Å². The number of fused-ring (bicyclic) bond motifs is 5. The molecule has 0 bridgehead atoms. The van der Waals surface area contributed by atoms with E-state index >= 15 is 0 Å². The molecule has 5 aliphatic rings. The topological polar surface area (TPSA) is 95.6 Å². The van der Waals surface area contributed by atoms with Crippen LogP contribution in [0.2, 0.25) is 0 Å². The molecule has 0 aromatic rings. The molecular weight excluding hydrogens is 897 g/mol. The van der Waals surface area contributed by atoms with E-state index in [1.807, 2.05) is 0 Å². The molecule has 1 heterocycles. The van der Waals surface area contributed by atoms with E-state index in [1.165, 1.54) is 140 Å². The molecule has 9 nitrogen and oxygen atoms in total. The minimum Gasteiger partial charge on any atom is -0.462 e. The summed E-state index contributed by atoms with van der Waals surface area (Å²) in [6, 6.07) is 0. The number of ether oxygens (including phenoxy) is 5. The largest absolute Gasteiger partial charge is 0.462 e. The quantitative estimate of drug-likeness (QED) is 0.0371. The van der Waals surface area contributed by atoms with Gasteiger partial charge in [0.05, 0.1) is 52.2 Å². The number of allylic oxidation sites excluding steroid dienone is 5. The van der Waals surface area contributed by atoms with Crippen LogP contribution in [0.4, 0.5) is 0 Å². The number of carbonyl (C=O) groups is 2. The van der Waals surface area contributed by atoms with Gasteiger partial charge in [0.15, 0.2) is 0 Å². The molecule has 1 saturated heterocycles. The van der Waals surface area contributed by atoms with E-state index in [0.717, 1.165) is 93.9 Å². The Hall–Kier alpha value is -2.04. The molecule has 1 amide bonds. The second kappa shape index (κ2) is 34.6. The number of piperidine rings is 1. The van der Waals surface area contributed by atoms with Crippen LogP contribution in [0.25, 0.3) is 0 Å². The third kappa shape index (κ3) is 21.2. The molecule has 1 aliphatic heterocycles. The van der Waals surface area contributed by atoms with Crippen molar-refractivity contribution in [3.8, 4) is 0 Å². The minimum absolute atomic E-state index is 0.0520.